The first-order valence-corrected chi connectivity index (χ1v) is 13.7. The van der Waals surface area contributed by atoms with Crippen LogP contribution in [-0.4, -0.2) is 47.4 Å². The monoisotopic (exact) mass is 529 g/mol. The van der Waals surface area contributed by atoms with Crippen molar-refractivity contribution >= 4 is 28.4 Å². The van der Waals surface area contributed by atoms with Crippen LogP contribution in [0, 0.1) is 12.3 Å². The van der Waals surface area contributed by atoms with E-state index in [1.807, 2.05) is 61.5 Å². The Balaban J connectivity index is 1.33. The first kappa shape index (κ1) is 26.3. The summed E-state index contributed by atoms with van der Waals surface area (Å²) >= 11 is 6.24. The van der Waals surface area contributed by atoms with E-state index in [2.05, 4.69) is 46.3 Å². The average molecular weight is 530 g/mol. The number of likely N-dealkylation sites (tertiary alicyclic amines) is 1. The van der Waals surface area contributed by atoms with Crippen molar-refractivity contribution in [2.45, 2.75) is 39.3 Å². The molecule has 0 saturated carbocycles. The number of aromatic amines is 1. The van der Waals surface area contributed by atoms with E-state index in [0.717, 1.165) is 59.9 Å². The fraction of sp³-hybridized carbons (Fsp3) is 0.344. The predicted octanol–water partition coefficient (Wildman–Crippen LogP) is 6.84. The number of aryl methyl sites for hydroxylation is 1. The summed E-state index contributed by atoms with van der Waals surface area (Å²) in [4.78, 5) is 21.1. The number of H-pyrrole nitrogens is 1. The highest BCUT2D eigenvalue weighted by Crippen LogP contribution is 2.36. The zero-order valence-electron chi connectivity index (χ0n) is 22.3. The first-order valence-electron chi connectivity index (χ1n) is 13.3. The molecule has 1 aromatic heterocycles. The van der Waals surface area contributed by atoms with Gasteiger partial charge >= 0.3 is 0 Å². The van der Waals surface area contributed by atoms with Gasteiger partial charge in [-0.15, -0.1) is 0 Å². The second-order valence-electron chi connectivity index (χ2n) is 10.8. The maximum atomic E-state index is 13.5. The molecule has 5 nitrogen and oxygen atoms in total. The molecule has 1 saturated heterocycles. The first-order chi connectivity index (χ1) is 18.4. The average Bonchev–Trinajstić information content (AvgIpc) is 3.38. The molecule has 4 aromatic rings. The van der Waals surface area contributed by atoms with Crippen LogP contribution in [0.1, 0.15) is 36.0 Å². The van der Waals surface area contributed by atoms with Crippen LogP contribution in [0.3, 0.4) is 0 Å². The molecular formula is C32H36ClN3O2. The molecule has 1 aliphatic rings. The molecule has 198 valence electrons. The Hall–Kier alpha value is -3.28. The smallest absolute Gasteiger partial charge is 0.223 e. The van der Waals surface area contributed by atoms with Gasteiger partial charge in [-0.05, 0) is 84.8 Å². The number of nitrogens with one attached hydrogen (secondary N) is 1. The molecule has 1 unspecified atom stereocenters. The van der Waals surface area contributed by atoms with Crippen molar-refractivity contribution in [3.8, 4) is 5.75 Å². The summed E-state index contributed by atoms with van der Waals surface area (Å²) < 4.78 is 6.37. The van der Waals surface area contributed by atoms with E-state index in [4.69, 9.17) is 16.3 Å². The number of carbonyl (C=O) groups is 1. The molecule has 0 bridgehead atoms. The number of ether oxygens (including phenoxy) is 1. The number of benzene rings is 3. The molecule has 1 fully saturated rings. The number of amides is 1. The van der Waals surface area contributed by atoms with Gasteiger partial charge in [-0.3, -0.25) is 9.69 Å². The summed E-state index contributed by atoms with van der Waals surface area (Å²) in [5, 5.41) is 1.96. The normalized spacial score (nSPS) is 18.0. The zero-order chi connectivity index (χ0) is 26.5. The van der Waals surface area contributed by atoms with Gasteiger partial charge in [0.15, 0.2) is 0 Å². The second kappa shape index (κ2) is 11.6. The van der Waals surface area contributed by atoms with E-state index >= 15 is 0 Å². The van der Waals surface area contributed by atoms with Gasteiger partial charge < -0.3 is 14.6 Å². The van der Waals surface area contributed by atoms with Gasteiger partial charge in [0.05, 0.1) is 6.61 Å². The third kappa shape index (κ3) is 6.40. The highest BCUT2D eigenvalue weighted by molar-refractivity contribution is 6.31. The molecule has 3 aromatic carbocycles. The number of fused-ring (bicyclic) bond motifs is 1. The molecular weight excluding hydrogens is 494 g/mol. The quantitative estimate of drug-likeness (QED) is 0.258. The summed E-state index contributed by atoms with van der Waals surface area (Å²) in [6.45, 7) is 5.77. The van der Waals surface area contributed by atoms with Crippen molar-refractivity contribution in [2.24, 2.45) is 5.41 Å². The third-order valence-corrected chi connectivity index (χ3v) is 8.08. The van der Waals surface area contributed by atoms with Crippen molar-refractivity contribution < 1.29 is 9.53 Å². The Bertz CT molecular complexity index is 1390. The highest BCUT2D eigenvalue weighted by atomic mass is 35.5. The van der Waals surface area contributed by atoms with Crippen LogP contribution in [0.25, 0.3) is 10.9 Å². The summed E-state index contributed by atoms with van der Waals surface area (Å²) in [7, 11) is 1.90. The van der Waals surface area contributed by atoms with Crippen LogP contribution in [0.2, 0.25) is 5.02 Å². The number of aromatic nitrogens is 1. The molecule has 2 heterocycles. The minimum Gasteiger partial charge on any atom is -0.493 e. The number of carbonyl (C=O) groups excluding carboxylic acids is 1. The van der Waals surface area contributed by atoms with E-state index in [9.17, 15) is 4.79 Å². The molecule has 0 aliphatic carbocycles. The van der Waals surface area contributed by atoms with E-state index in [0.29, 0.717) is 19.6 Å². The van der Waals surface area contributed by atoms with Crippen molar-refractivity contribution in [3.63, 3.8) is 0 Å². The lowest BCUT2D eigenvalue weighted by molar-refractivity contribution is -0.135. The van der Waals surface area contributed by atoms with Crippen molar-refractivity contribution in [3.05, 3.63) is 101 Å². The Morgan fingerprint density at radius 1 is 1.08 bits per heavy atom. The van der Waals surface area contributed by atoms with Crippen LogP contribution in [0.5, 0.6) is 5.75 Å². The van der Waals surface area contributed by atoms with Crippen molar-refractivity contribution in [1.82, 2.24) is 14.8 Å². The summed E-state index contributed by atoms with van der Waals surface area (Å²) in [5.41, 5.74) is 4.29. The Morgan fingerprint density at radius 2 is 1.92 bits per heavy atom. The fourth-order valence-corrected chi connectivity index (χ4v) is 5.68. The van der Waals surface area contributed by atoms with E-state index in [1.165, 1.54) is 10.9 Å². The summed E-state index contributed by atoms with van der Waals surface area (Å²) in [6.07, 6.45) is 4.42. The predicted molar refractivity (Wildman–Crippen MR) is 154 cm³/mol. The minimum atomic E-state index is -0.272. The SMILES string of the molecule is Cc1cc(OCC2(CC(=O)N(C)Cc3ccccc3)CCCN(Cc3ccc4[nH]ccc4c3)C2)ccc1Cl. The molecule has 0 radical (unpaired) electrons. The van der Waals surface area contributed by atoms with Gasteiger partial charge in [-0.1, -0.05) is 48.0 Å². The van der Waals surface area contributed by atoms with Crippen LogP contribution in [0.15, 0.2) is 79.0 Å². The largest absolute Gasteiger partial charge is 0.493 e. The van der Waals surface area contributed by atoms with Crippen LogP contribution >= 0.6 is 11.6 Å². The van der Waals surface area contributed by atoms with Gasteiger partial charge in [0, 0.05) is 55.3 Å². The number of piperidine rings is 1. The van der Waals surface area contributed by atoms with Crippen LogP contribution < -0.4 is 4.74 Å². The molecule has 0 spiro atoms. The van der Waals surface area contributed by atoms with Crippen LogP contribution in [-0.2, 0) is 17.9 Å². The maximum Gasteiger partial charge on any atom is 0.223 e. The number of nitrogens with zero attached hydrogens (tertiary/aromatic N) is 2. The van der Waals surface area contributed by atoms with Crippen LogP contribution in [0.4, 0.5) is 0 Å². The standard InChI is InChI=1S/C32H36ClN3O2/c1-24-17-28(10-11-29(24)33)38-23-32(19-31(37)35(2)20-25-7-4-3-5-8-25)14-6-16-36(22-32)21-26-9-12-30-27(18-26)13-15-34-30/h3-5,7-13,15,17-18,34H,6,14,16,19-23H2,1-2H3. The van der Waals surface area contributed by atoms with E-state index < -0.39 is 0 Å². The highest BCUT2D eigenvalue weighted by Gasteiger charge is 2.39. The number of halogens is 1. The van der Waals surface area contributed by atoms with E-state index in [-0.39, 0.29) is 11.3 Å². The topological polar surface area (TPSA) is 48.6 Å². The molecule has 1 amide bonds. The lowest BCUT2D eigenvalue weighted by Gasteiger charge is -2.43. The van der Waals surface area contributed by atoms with Gasteiger partial charge in [0.2, 0.25) is 5.91 Å². The number of hydrogen-bond acceptors (Lipinski definition) is 3. The Morgan fingerprint density at radius 3 is 2.74 bits per heavy atom. The van der Waals surface area contributed by atoms with E-state index in [1.54, 1.807) is 0 Å². The van der Waals surface area contributed by atoms with Gasteiger partial charge in [0.1, 0.15) is 5.75 Å². The minimum absolute atomic E-state index is 0.153. The number of hydrogen-bond donors (Lipinski definition) is 1. The molecule has 1 aliphatic heterocycles. The zero-order valence-corrected chi connectivity index (χ0v) is 23.0. The van der Waals surface area contributed by atoms with Gasteiger partial charge in [0.25, 0.3) is 0 Å². The van der Waals surface area contributed by atoms with Gasteiger partial charge in [-0.2, -0.15) is 0 Å². The maximum absolute atomic E-state index is 13.5. The van der Waals surface area contributed by atoms with Gasteiger partial charge in [-0.25, -0.2) is 0 Å². The fourth-order valence-electron chi connectivity index (χ4n) is 5.56. The third-order valence-electron chi connectivity index (χ3n) is 7.65. The molecule has 5 rings (SSSR count). The lowest BCUT2D eigenvalue weighted by atomic mass is 9.77. The second-order valence-corrected chi connectivity index (χ2v) is 11.2. The molecule has 1 N–H and O–H groups in total. The Kier molecular flexibility index (Phi) is 8.06. The summed E-state index contributed by atoms with van der Waals surface area (Å²) in [5.74, 6) is 0.951. The molecule has 38 heavy (non-hydrogen) atoms. The Labute approximate surface area is 230 Å². The van der Waals surface area contributed by atoms with Crippen molar-refractivity contribution in [1.29, 1.82) is 0 Å². The lowest BCUT2D eigenvalue weighted by Crippen LogP contribution is -2.48. The van der Waals surface area contributed by atoms with Crippen molar-refractivity contribution in [2.75, 3.05) is 26.7 Å². The molecule has 6 heteroatoms. The number of rotatable bonds is 9. The molecule has 1 atom stereocenters. The summed E-state index contributed by atoms with van der Waals surface area (Å²) in [6, 6.07) is 24.6.